The summed E-state index contributed by atoms with van der Waals surface area (Å²) in [6.45, 7) is 2.24. The Morgan fingerprint density at radius 3 is 2.90 bits per heavy atom. The molecule has 1 nitrogen and oxygen atoms in total. The van der Waals surface area contributed by atoms with Crippen LogP contribution in [0.5, 0.6) is 0 Å². The number of hydrogen-bond donors (Lipinski definition) is 1. The molecule has 1 heterocycles. The molecule has 104 valence electrons. The number of rotatable bonds is 3. The van der Waals surface area contributed by atoms with Gasteiger partial charge >= 0.3 is 0 Å². The van der Waals surface area contributed by atoms with Gasteiger partial charge in [-0.25, -0.2) is 0 Å². The molecule has 1 N–H and O–H groups in total. The van der Waals surface area contributed by atoms with Crippen LogP contribution in [0.1, 0.15) is 36.6 Å². The maximum atomic E-state index is 3.78. The van der Waals surface area contributed by atoms with Crippen LogP contribution < -0.4 is 5.32 Å². The normalized spacial score (nSPS) is 19.4. The lowest BCUT2D eigenvalue weighted by molar-refractivity contribution is 0.450. The SMILES string of the molecule is C[C@@H](NC1CCSc2ccccc21)c1cccc(Br)c1. The predicted molar refractivity (Wildman–Crippen MR) is 90.2 cm³/mol. The van der Waals surface area contributed by atoms with Crippen LogP contribution in [0.4, 0.5) is 0 Å². The minimum Gasteiger partial charge on any atom is -0.303 e. The molecule has 0 saturated heterocycles. The van der Waals surface area contributed by atoms with E-state index in [1.807, 2.05) is 11.8 Å². The molecule has 1 unspecified atom stereocenters. The Bertz CT molecular complexity index is 599. The molecule has 0 radical (unpaired) electrons. The highest BCUT2D eigenvalue weighted by molar-refractivity contribution is 9.10. The van der Waals surface area contributed by atoms with Gasteiger partial charge in [0, 0.05) is 21.5 Å². The summed E-state index contributed by atoms with van der Waals surface area (Å²) in [7, 11) is 0. The maximum absolute atomic E-state index is 3.78. The van der Waals surface area contributed by atoms with Gasteiger partial charge in [0.15, 0.2) is 0 Å². The fourth-order valence-electron chi connectivity index (χ4n) is 2.69. The molecule has 2 aromatic carbocycles. The molecule has 0 spiro atoms. The lowest BCUT2D eigenvalue weighted by Crippen LogP contribution is -2.27. The summed E-state index contributed by atoms with van der Waals surface area (Å²) in [5, 5.41) is 3.78. The van der Waals surface area contributed by atoms with Crippen molar-refractivity contribution in [2.24, 2.45) is 0 Å². The molecule has 2 atom stereocenters. The van der Waals surface area contributed by atoms with Gasteiger partial charge in [-0.05, 0) is 48.4 Å². The first-order valence-electron chi connectivity index (χ1n) is 6.97. The van der Waals surface area contributed by atoms with Gasteiger partial charge in [-0.3, -0.25) is 0 Å². The summed E-state index contributed by atoms with van der Waals surface area (Å²) in [6.07, 6.45) is 1.19. The molecule has 0 aliphatic carbocycles. The van der Waals surface area contributed by atoms with Crippen LogP contribution in [0.3, 0.4) is 0 Å². The van der Waals surface area contributed by atoms with Gasteiger partial charge in [0.25, 0.3) is 0 Å². The van der Waals surface area contributed by atoms with Gasteiger partial charge in [0.1, 0.15) is 0 Å². The Kier molecular flexibility index (Phi) is 4.49. The minimum absolute atomic E-state index is 0.355. The number of halogens is 1. The molecule has 0 saturated carbocycles. The standard InChI is InChI=1S/C17H18BrNS/c1-12(13-5-4-6-14(18)11-13)19-16-9-10-20-17-8-3-2-7-15(16)17/h2-8,11-12,16,19H,9-10H2,1H3/t12-,16?/m1/s1. The van der Waals surface area contributed by atoms with E-state index in [1.54, 1.807) is 0 Å². The van der Waals surface area contributed by atoms with E-state index in [4.69, 9.17) is 0 Å². The quantitative estimate of drug-likeness (QED) is 0.804. The molecular weight excluding hydrogens is 330 g/mol. The molecule has 0 amide bonds. The van der Waals surface area contributed by atoms with Gasteiger partial charge in [-0.2, -0.15) is 0 Å². The fraction of sp³-hybridized carbons (Fsp3) is 0.294. The summed E-state index contributed by atoms with van der Waals surface area (Å²) in [4.78, 5) is 1.43. The summed E-state index contributed by atoms with van der Waals surface area (Å²) < 4.78 is 1.14. The van der Waals surface area contributed by atoms with Crippen molar-refractivity contribution in [3.8, 4) is 0 Å². The van der Waals surface area contributed by atoms with Crippen molar-refractivity contribution in [1.29, 1.82) is 0 Å². The smallest absolute Gasteiger partial charge is 0.0344 e. The Labute approximate surface area is 133 Å². The molecule has 0 bridgehead atoms. The van der Waals surface area contributed by atoms with Gasteiger partial charge in [0.2, 0.25) is 0 Å². The third-order valence-corrected chi connectivity index (χ3v) is 5.37. The zero-order valence-corrected chi connectivity index (χ0v) is 13.9. The first-order chi connectivity index (χ1) is 9.74. The van der Waals surface area contributed by atoms with Gasteiger partial charge in [0.05, 0.1) is 0 Å². The maximum Gasteiger partial charge on any atom is 0.0344 e. The molecule has 20 heavy (non-hydrogen) atoms. The monoisotopic (exact) mass is 347 g/mol. The van der Waals surface area contributed by atoms with E-state index in [1.165, 1.54) is 28.2 Å². The van der Waals surface area contributed by atoms with Crippen molar-refractivity contribution in [2.75, 3.05) is 5.75 Å². The van der Waals surface area contributed by atoms with Crippen LogP contribution in [0.2, 0.25) is 0 Å². The number of benzene rings is 2. The van der Waals surface area contributed by atoms with Crippen LogP contribution >= 0.6 is 27.7 Å². The molecule has 2 aromatic rings. The average molecular weight is 348 g/mol. The van der Waals surface area contributed by atoms with Crippen LogP contribution in [-0.2, 0) is 0 Å². The minimum atomic E-state index is 0.355. The highest BCUT2D eigenvalue weighted by atomic mass is 79.9. The van der Waals surface area contributed by atoms with E-state index in [0.717, 1.165) is 4.47 Å². The lowest BCUT2D eigenvalue weighted by Gasteiger charge is -2.29. The van der Waals surface area contributed by atoms with E-state index < -0.39 is 0 Å². The number of hydrogen-bond acceptors (Lipinski definition) is 2. The highest BCUT2D eigenvalue weighted by Crippen LogP contribution is 2.37. The van der Waals surface area contributed by atoms with E-state index in [2.05, 4.69) is 76.7 Å². The summed E-state index contributed by atoms with van der Waals surface area (Å²) in [5.41, 5.74) is 2.78. The van der Waals surface area contributed by atoms with Crippen LogP contribution in [0, 0.1) is 0 Å². The lowest BCUT2D eigenvalue weighted by atomic mass is 10.0. The zero-order chi connectivity index (χ0) is 13.9. The first-order valence-corrected chi connectivity index (χ1v) is 8.75. The van der Waals surface area contributed by atoms with Crippen molar-refractivity contribution in [3.63, 3.8) is 0 Å². The van der Waals surface area contributed by atoms with E-state index in [9.17, 15) is 0 Å². The second-order valence-corrected chi connectivity index (χ2v) is 7.22. The first kappa shape index (κ1) is 14.2. The fourth-order valence-corrected chi connectivity index (χ4v) is 4.23. The Morgan fingerprint density at radius 2 is 2.05 bits per heavy atom. The Morgan fingerprint density at radius 1 is 1.20 bits per heavy atom. The van der Waals surface area contributed by atoms with Gasteiger partial charge < -0.3 is 5.32 Å². The number of nitrogens with one attached hydrogen (secondary N) is 1. The third kappa shape index (κ3) is 3.11. The molecule has 3 heteroatoms. The predicted octanol–water partition coefficient (Wildman–Crippen LogP) is 5.34. The molecule has 0 fully saturated rings. The van der Waals surface area contributed by atoms with E-state index in [0.29, 0.717) is 12.1 Å². The average Bonchev–Trinajstić information content (AvgIpc) is 2.47. The Hall–Kier alpha value is -0.770. The topological polar surface area (TPSA) is 12.0 Å². The highest BCUT2D eigenvalue weighted by Gasteiger charge is 2.21. The number of thioether (sulfide) groups is 1. The molecular formula is C17H18BrNS. The summed E-state index contributed by atoms with van der Waals surface area (Å²) in [5.74, 6) is 1.19. The third-order valence-electron chi connectivity index (χ3n) is 3.76. The Balaban J connectivity index is 1.79. The van der Waals surface area contributed by atoms with Crippen molar-refractivity contribution in [1.82, 2.24) is 5.32 Å². The van der Waals surface area contributed by atoms with Crippen LogP contribution in [0.15, 0.2) is 57.9 Å². The zero-order valence-electron chi connectivity index (χ0n) is 11.5. The summed E-state index contributed by atoms with van der Waals surface area (Å²) >= 11 is 5.52. The molecule has 1 aliphatic rings. The molecule has 1 aliphatic heterocycles. The molecule has 3 rings (SSSR count). The van der Waals surface area contributed by atoms with Crippen molar-refractivity contribution < 1.29 is 0 Å². The summed E-state index contributed by atoms with van der Waals surface area (Å²) in [6, 6.07) is 18.1. The molecule has 0 aromatic heterocycles. The van der Waals surface area contributed by atoms with Crippen molar-refractivity contribution in [2.45, 2.75) is 30.3 Å². The van der Waals surface area contributed by atoms with Crippen LogP contribution in [0.25, 0.3) is 0 Å². The van der Waals surface area contributed by atoms with Crippen LogP contribution in [-0.4, -0.2) is 5.75 Å². The van der Waals surface area contributed by atoms with Gasteiger partial charge in [-0.1, -0.05) is 46.3 Å². The largest absolute Gasteiger partial charge is 0.303 e. The second-order valence-electron chi connectivity index (χ2n) is 5.17. The number of fused-ring (bicyclic) bond motifs is 1. The van der Waals surface area contributed by atoms with Crippen molar-refractivity contribution in [3.05, 3.63) is 64.1 Å². The van der Waals surface area contributed by atoms with Crippen molar-refractivity contribution >= 4 is 27.7 Å². The van der Waals surface area contributed by atoms with Gasteiger partial charge in [-0.15, -0.1) is 11.8 Å². The van der Waals surface area contributed by atoms with E-state index in [-0.39, 0.29) is 0 Å². The second kappa shape index (κ2) is 6.33. The van der Waals surface area contributed by atoms with E-state index >= 15 is 0 Å².